The Morgan fingerprint density at radius 2 is 2.25 bits per heavy atom. The molecule has 0 heterocycles. The largest absolute Gasteiger partial charge is 0.490 e. The highest BCUT2D eigenvalue weighted by Gasteiger charge is 2.08. The molecule has 16 heavy (non-hydrogen) atoms. The van der Waals surface area contributed by atoms with Crippen LogP contribution in [-0.2, 0) is 0 Å². The third kappa shape index (κ3) is 3.47. The van der Waals surface area contributed by atoms with E-state index in [2.05, 4.69) is 5.32 Å². The molecule has 1 atom stereocenters. The van der Waals surface area contributed by atoms with Gasteiger partial charge in [0, 0.05) is 19.1 Å². The Balaban J connectivity index is 2.67. The SMILES string of the molecule is CNC(C)c1ccc(OCCCO)c(F)c1. The summed E-state index contributed by atoms with van der Waals surface area (Å²) in [6.07, 6.45) is 0.508. The lowest BCUT2D eigenvalue weighted by Crippen LogP contribution is -2.12. The molecular formula is C12H18FNO2. The highest BCUT2D eigenvalue weighted by Crippen LogP contribution is 2.21. The molecule has 0 spiro atoms. The number of hydrogen-bond acceptors (Lipinski definition) is 3. The summed E-state index contributed by atoms with van der Waals surface area (Å²) in [6, 6.07) is 5.03. The number of benzene rings is 1. The Morgan fingerprint density at radius 3 is 2.81 bits per heavy atom. The van der Waals surface area contributed by atoms with Gasteiger partial charge in [-0.2, -0.15) is 0 Å². The molecule has 1 aromatic rings. The maximum absolute atomic E-state index is 13.6. The van der Waals surface area contributed by atoms with Crippen LogP contribution >= 0.6 is 0 Å². The molecule has 1 rings (SSSR count). The third-order valence-electron chi connectivity index (χ3n) is 2.45. The van der Waals surface area contributed by atoms with E-state index in [1.807, 2.05) is 20.0 Å². The first-order valence-corrected chi connectivity index (χ1v) is 5.39. The molecule has 90 valence electrons. The van der Waals surface area contributed by atoms with Gasteiger partial charge in [0.05, 0.1) is 6.61 Å². The van der Waals surface area contributed by atoms with Crippen molar-refractivity contribution in [1.29, 1.82) is 0 Å². The number of halogens is 1. The molecule has 1 unspecified atom stereocenters. The van der Waals surface area contributed by atoms with E-state index in [0.717, 1.165) is 5.56 Å². The maximum atomic E-state index is 13.6. The van der Waals surface area contributed by atoms with Crippen LogP contribution in [0, 0.1) is 5.82 Å². The van der Waals surface area contributed by atoms with Gasteiger partial charge in [0.15, 0.2) is 11.6 Å². The van der Waals surface area contributed by atoms with E-state index in [1.165, 1.54) is 6.07 Å². The Bertz CT molecular complexity index is 331. The van der Waals surface area contributed by atoms with Gasteiger partial charge in [0.1, 0.15) is 0 Å². The summed E-state index contributed by atoms with van der Waals surface area (Å²) >= 11 is 0. The molecule has 0 aliphatic rings. The fourth-order valence-corrected chi connectivity index (χ4v) is 1.32. The van der Waals surface area contributed by atoms with Crippen molar-refractivity contribution >= 4 is 0 Å². The van der Waals surface area contributed by atoms with Crippen LogP contribution < -0.4 is 10.1 Å². The van der Waals surface area contributed by atoms with Crippen LogP contribution in [0.1, 0.15) is 24.9 Å². The Kier molecular flexibility index (Phi) is 5.22. The molecule has 2 N–H and O–H groups in total. The first-order valence-electron chi connectivity index (χ1n) is 5.39. The molecule has 0 aliphatic carbocycles. The highest BCUT2D eigenvalue weighted by atomic mass is 19.1. The van der Waals surface area contributed by atoms with Crippen molar-refractivity contribution < 1.29 is 14.2 Å². The van der Waals surface area contributed by atoms with Crippen molar-refractivity contribution in [3.8, 4) is 5.75 Å². The number of nitrogens with one attached hydrogen (secondary N) is 1. The predicted molar refractivity (Wildman–Crippen MR) is 61.1 cm³/mol. The Hall–Kier alpha value is -1.13. The van der Waals surface area contributed by atoms with Crippen molar-refractivity contribution in [3.63, 3.8) is 0 Å². The Morgan fingerprint density at radius 1 is 1.50 bits per heavy atom. The van der Waals surface area contributed by atoms with Crippen LogP contribution in [0.5, 0.6) is 5.75 Å². The van der Waals surface area contributed by atoms with Crippen LogP contribution in [0.15, 0.2) is 18.2 Å². The first-order chi connectivity index (χ1) is 7.69. The highest BCUT2D eigenvalue weighted by molar-refractivity contribution is 5.30. The number of aliphatic hydroxyl groups is 1. The standard InChI is InChI=1S/C12H18FNO2/c1-9(14-2)10-4-5-12(11(13)8-10)16-7-3-6-15/h4-5,8-9,14-15H,3,6-7H2,1-2H3. The van der Waals surface area contributed by atoms with E-state index in [9.17, 15) is 4.39 Å². The smallest absolute Gasteiger partial charge is 0.165 e. The van der Waals surface area contributed by atoms with Gasteiger partial charge < -0.3 is 15.2 Å². The summed E-state index contributed by atoms with van der Waals surface area (Å²) in [7, 11) is 1.83. The van der Waals surface area contributed by atoms with E-state index in [1.54, 1.807) is 6.07 Å². The number of hydrogen-bond donors (Lipinski definition) is 2. The van der Waals surface area contributed by atoms with E-state index in [-0.39, 0.29) is 24.2 Å². The second-order valence-corrected chi connectivity index (χ2v) is 3.63. The van der Waals surface area contributed by atoms with Crippen LogP contribution in [0.4, 0.5) is 4.39 Å². The maximum Gasteiger partial charge on any atom is 0.165 e. The molecule has 0 radical (unpaired) electrons. The molecule has 1 aromatic carbocycles. The Labute approximate surface area is 95.2 Å². The zero-order valence-corrected chi connectivity index (χ0v) is 9.66. The second-order valence-electron chi connectivity index (χ2n) is 3.63. The summed E-state index contributed by atoms with van der Waals surface area (Å²) in [5.74, 6) is -0.127. The minimum Gasteiger partial charge on any atom is -0.490 e. The average molecular weight is 227 g/mol. The monoisotopic (exact) mass is 227 g/mol. The number of aliphatic hydroxyl groups excluding tert-OH is 1. The van der Waals surface area contributed by atoms with Gasteiger partial charge >= 0.3 is 0 Å². The summed E-state index contributed by atoms with van der Waals surface area (Å²) in [4.78, 5) is 0. The number of rotatable bonds is 6. The lowest BCUT2D eigenvalue weighted by Gasteiger charge is -2.12. The quantitative estimate of drug-likeness (QED) is 0.729. The third-order valence-corrected chi connectivity index (χ3v) is 2.45. The van der Waals surface area contributed by atoms with Gasteiger partial charge in [-0.1, -0.05) is 6.07 Å². The van der Waals surface area contributed by atoms with Crippen molar-refractivity contribution in [2.24, 2.45) is 0 Å². The topological polar surface area (TPSA) is 41.5 Å². The van der Waals surface area contributed by atoms with Crippen LogP contribution in [0.3, 0.4) is 0 Å². The summed E-state index contributed by atoms with van der Waals surface area (Å²) in [5.41, 5.74) is 0.884. The molecular weight excluding hydrogens is 209 g/mol. The molecule has 0 amide bonds. The zero-order valence-electron chi connectivity index (χ0n) is 9.66. The molecule has 0 aromatic heterocycles. The summed E-state index contributed by atoms with van der Waals surface area (Å²) < 4.78 is 18.7. The molecule has 0 bridgehead atoms. The van der Waals surface area contributed by atoms with E-state index < -0.39 is 0 Å². The molecule has 4 heteroatoms. The molecule has 0 aliphatic heterocycles. The predicted octanol–water partition coefficient (Wildman–Crippen LogP) is 1.87. The zero-order chi connectivity index (χ0) is 12.0. The summed E-state index contributed by atoms with van der Waals surface area (Å²) in [5, 5.41) is 11.6. The van der Waals surface area contributed by atoms with E-state index >= 15 is 0 Å². The van der Waals surface area contributed by atoms with Gasteiger partial charge in [-0.15, -0.1) is 0 Å². The lowest BCUT2D eigenvalue weighted by atomic mass is 10.1. The fourth-order valence-electron chi connectivity index (χ4n) is 1.32. The minimum atomic E-state index is -0.363. The van der Waals surface area contributed by atoms with Crippen molar-refractivity contribution in [2.45, 2.75) is 19.4 Å². The average Bonchev–Trinajstić information content (AvgIpc) is 2.30. The van der Waals surface area contributed by atoms with Crippen molar-refractivity contribution in [3.05, 3.63) is 29.6 Å². The van der Waals surface area contributed by atoms with Crippen molar-refractivity contribution in [1.82, 2.24) is 5.32 Å². The second kappa shape index (κ2) is 6.45. The summed E-state index contributed by atoms with van der Waals surface area (Å²) in [6.45, 7) is 2.34. The first kappa shape index (κ1) is 12.9. The van der Waals surface area contributed by atoms with Crippen LogP contribution in [0.2, 0.25) is 0 Å². The van der Waals surface area contributed by atoms with Crippen LogP contribution in [0.25, 0.3) is 0 Å². The lowest BCUT2D eigenvalue weighted by molar-refractivity contribution is 0.228. The van der Waals surface area contributed by atoms with Crippen LogP contribution in [-0.4, -0.2) is 25.4 Å². The minimum absolute atomic E-state index is 0.0521. The fraction of sp³-hybridized carbons (Fsp3) is 0.500. The van der Waals surface area contributed by atoms with E-state index in [4.69, 9.17) is 9.84 Å². The molecule has 0 fully saturated rings. The van der Waals surface area contributed by atoms with Gasteiger partial charge in [-0.25, -0.2) is 4.39 Å². The number of ether oxygens (including phenoxy) is 1. The molecule has 0 saturated carbocycles. The molecule has 0 saturated heterocycles. The van der Waals surface area contributed by atoms with Crippen molar-refractivity contribution in [2.75, 3.05) is 20.3 Å². The van der Waals surface area contributed by atoms with Gasteiger partial charge in [0.25, 0.3) is 0 Å². The van der Waals surface area contributed by atoms with Gasteiger partial charge in [0.2, 0.25) is 0 Å². The molecule has 3 nitrogen and oxygen atoms in total. The van der Waals surface area contributed by atoms with Gasteiger partial charge in [-0.3, -0.25) is 0 Å². The normalized spacial score (nSPS) is 12.5. The van der Waals surface area contributed by atoms with E-state index in [0.29, 0.717) is 13.0 Å². The van der Waals surface area contributed by atoms with Gasteiger partial charge in [-0.05, 0) is 31.7 Å².